The maximum atomic E-state index is 4.59. The SMILES string of the molecule is c1cnc2nc(CN3CCCCC3c3ncn[nH]3)cn2c1. The van der Waals surface area contributed by atoms with Crippen molar-refractivity contribution in [2.45, 2.75) is 31.8 Å². The molecule has 1 fully saturated rings. The van der Waals surface area contributed by atoms with E-state index in [1.54, 1.807) is 12.5 Å². The summed E-state index contributed by atoms with van der Waals surface area (Å²) < 4.78 is 1.96. The molecule has 0 bridgehead atoms. The Balaban J connectivity index is 1.59. The van der Waals surface area contributed by atoms with Crippen LogP contribution in [0, 0.1) is 0 Å². The zero-order chi connectivity index (χ0) is 14.1. The van der Waals surface area contributed by atoms with Crippen molar-refractivity contribution in [1.29, 1.82) is 0 Å². The summed E-state index contributed by atoms with van der Waals surface area (Å²) >= 11 is 0. The van der Waals surface area contributed by atoms with Crippen LogP contribution in [0.2, 0.25) is 0 Å². The topological polar surface area (TPSA) is 75.0 Å². The number of nitrogens with zero attached hydrogens (tertiary/aromatic N) is 6. The molecule has 0 aliphatic carbocycles. The Bertz CT molecular complexity index is 685. The van der Waals surface area contributed by atoms with E-state index >= 15 is 0 Å². The lowest BCUT2D eigenvalue weighted by Gasteiger charge is -2.33. The number of hydrogen-bond donors (Lipinski definition) is 1. The van der Waals surface area contributed by atoms with Crippen molar-refractivity contribution in [3.63, 3.8) is 0 Å². The highest BCUT2D eigenvalue weighted by Crippen LogP contribution is 2.29. The van der Waals surface area contributed by atoms with Gasteiger partial charge in [-0.3, -0.25) is 14.4 Å². The largest absolute Gasteiger partial charge is 0.291 e. The Kier molecular flexibility index (Phi) is 3.11. The highest BCUT2D eigenvalue weighted by molar-refractivity contribution is 5.29. The molecular formula is C14H17N7. The predicted molar refractivity (Wildman–Crippen MR) is 76.4 cm³/mol. The van der Waals surface area contributed by atoms with Gasteiger partial charge in [-0.1, -0.05) is 6.42 Å². The molecule has 0 saturated carbocycles. The second-order valence-electron chi connectivity index (χ2n) is 5.41. The second-order valence-corrected chi connectivity index (χ2v) is 5.41. The van der Waals surface area contributed by atoms with E-state index in [0.717, 1.165) is 36.8 Å². The third-order valence-corrected chi connectivity index (χ3v) is 4.01. The molecule has 0 amide bonds. The molecule has 4 rings (SSSR count). The first-order chi connectivity index (χ1) is 10.4. The molecule has 3 aromatic rings. The van der Waals surface area contributed by atoms with Crippen molar-refractivity contribution in [1.82, 2.24) is 34.4 Å². The Morgan fingerprint density at radius 3 is 3.14 bits per heavy atom. The maximum Gasteiger partial charge on any atom is 0.233 e. The van der Waals surface area contributed by atoms with Crippen LogP contribution in [0.3, 0.4) is 0 Å². The number of imidazole rings is 1. The normalized spacial score (nSPS) is 20.1. The summed E-state index contributed by atoms with van der Waals surface area (Å²) in [6.45, 7) is 1.88. The molecule has 108 valence electrons. The summed E-state index contributed by atoms with van der Waals surface area (Å²) in [7, 11) is 0. The van der Waals surface area contributed by atoms with E-state index in [1.165, 1.54) is 12.8 Å². The average Bonchev–Trinajstić information content (AvgIpc) is 3.16. The third-order valence-electron chi connectivity index (χ3n) is 4.01. The van der Waals surface area contributed by atoms with E-state index in [1.807, 2.05) is 22.9 Å². The first kappa shape index (κ1) is 12.5. The van der Waals surface area contributed by atoms with Gasteiger partial charge in [-0.2, -0.15) is 5.10 Å². The van der Waals surface area contributed by atoms with Crippen LogP contribution in [-0.2, 0) is 6.54 Å². The van der Waals surface area contributed by atoms with Crippen LogP contribution in [0.5, 0.6) is 0 Å². The highest BCUT2D eigenvalue weighted by Gasteiger charge is 2.26. The van der Waals surface area contributed by atoms with Gasteiger partial charge in [-0.05, 0) is 25.5 Å². The molecule has 0 spiro atoms. The summed E-state index contributed by atoms with van der Waals surface area (Å²) in [5.41, 5.74) is 1.04. The van der Waals surface area contributed by atoms with Crippen LogP contribution in [0.25, 0.3) is 5.78 Å². The molecule has 1 atom stereocenters. The van der Waals surface area contributed by atoms with E-state index in [2.05, 4.69) is 30.0 Å². The number of H-pyrrole nitrogens is 1. The monoisotopic (exact) mass is 283 g/mol. The molecule has 1 aliphatic rings. The van der Waals surface area contributed by atoms with E-state index < -0.39 is 0 Å². The van der Waals surface area contributed by atoms with Gasteiger partial charge in [0.15, 0.2) is 0 Å². The first-order valence-corrected chi connectivity index (χ1v) is 7.28. The van der Waals surface area contributed by atoms with Crippen LogP contribution >= 0.6 is 0 Å². The molecule has 7 heteroatoms. The van der Waals surface area contributed by atoms with Gasteiger partial charge in [0.05, 0.1) is 11.7 Å². The minimum absolute atomic E-state index is 0.305. The van der Waals surface area contributed by atoms with Crippen molar-refractivity contribution in [2.75, 3.05) is 6.54 Å². The van der Waals surface area contributed by atoms with Gasteiger partial charge in [0, 0.05) is 25.1 Å². The number of likely N-dealkylation sites (tertiary alicyclic amines) is 1. The molecule has 0 aromatic carbocycles. The lowest BCUT2D eigenvalue weighted by Crippen LogP contribution is -2.33. The van der Waals surface area contributed by atoms with Gasteiger partial charge >= 0.3 is 0 Å². The Morgan fingerprint density at radius 2 is 2.29 bits per heavy atom. The second kappa shape index (κ2) is 5.25. The van der Waals surface area contributed by atoms with Gasteiger partial charge in [0.1, 0.15) is 12.2 Å². The smallest absolute Gasteiger partial charge is 0.233 e. The molecule has 1 N–H and O–H groups in total. The molecule has 4 heterocycles. The molecule has 1 saturated heterocycles. The van der Waals surface area contributed by atoms with Crippen LogP contribution in [0.4, 0.5) is 0 Å². The van der Waals surface area contributed by atoms with Crippen molar-refractivity contribution < 1.29 is 0 Å². The fraction of sp³-hybridized carbons (Fsp3) is 0.429. The standard InChI is InChI=1S/C14H17N7/c1-2-6-20(12(4-1)13-16-10-17-19-13)8-11-9-21-7-3-5-15-14(21)18-11/h3,5,7,9-10,12H,1-2,4,6,8H2,(H,16,17,19). The van der Waals surface area contributed by atoms with Crippen molar-refractivity contribution >= 4 is 5.78 Å². The summed E-state index contributed by atoms with van der Waals surface area (Å²) in [4.78, 5) is 15.6. The Labute approximate surface area is 122 Å². The van der Waals surface area contributed by atoms with Crippen molar-refractivity contribution in [3.8, 4) is 0 Å². The minimum Gasteiger partial charge on any atom is -0.291 e. The molecule has 21 heavy (non-hydrogen) atoms. The number of hydrogen-bond acceptors (Lipinski definition) is 5. The van der Waals surface area contributed by atoms with Gasteiger partial charge < -0.3 is 0 Å². The number of nitrogens with one attached hydrogen (secondary N) is 1. The van der Waals surface area contributed by atoms with Crippen LogP contribution in [0.15, 0.2) is 31.0 Å². The quantitative estimate of drug-likeness (QED) is 0.789. The number of aromatic amines is 1. The summed E-state index contributed by atoms with van der Waals surface area (Å²) in [6.07, 6.45) is 10.9. The zero-order valence-electron chi connectivity index (χ0n) is 11.7. The number of piperidine rings is 1. The molecule has 7 nitrogen and oxygen atoms in total. The van der Waals surface area contributed by atoms with Gasteiger partial charge in [0.25, 0.3) is 0 Å². The first-order valence-electron chi connectivity index (χ1n) is 7.28. The lowest BCUT2D eigenvalue weighted by atomic mass is 10.0. The predicted octanol–water partition coefficient (Wildman–Crippen LogP) is 1.57. The molecule has 1 aliphatic heterocycles. The lowest BCUT2D eigenvalue weighted by molar-refractivity contribution is 0.132. The summed E-state index contributed by atoms with van der Waals surface area (Å²) in [5.74, 6) is 1.71. The van der Waals surface area contributed by atoms with Gasteiger partial charge in [-0.25, -0.2) is 15.0 Å². The zero-order valence-corrected chi connectivity index (χ0v) is 11.7. The summed E-state index contributed by atoms with van der Waals surface area (Å²) in [6, 6.07) is 2.22. The van der Waals surface area contributed by atoms with Gasteiger partial charge in [0.2, 0.25) is 5.78 Å². The van der Waals surface area contributed by atoms with Crippen molar-refractivity contribution in [3.05, 3.63) is 42.5 Å². The van der Waals surface area contributed by atoms with E-state index in [0.29, 0.717) is 6.04 Å². The number of fused-ring (bicyclic) bond motifs is 1. The molecule has 0 radical (unpaired) electrons. The fourth-order valence-electron chi connectivity index (χ4n) is 3.03. The number of aromatic nitrogens is 6. The highest BCUT2D eigenvalue weighted by atomic mass is 15.3. The van der Waals surface area contributed by atoms with Crippen LogP contribution in [-0.4, -0.2) is 41.0 Å². The molecular weight excluding hydrogens is 266 g/mol. The van der Waals surface area contributed by atoms with Crippen molar-refractivity contribution in [2.24, 2.45) is 0 Å². The van der Waals surface area contributed by atoms with Gasteiger partial charge in [-0.15, -0.1) is 0 Å². The van der Waals surface area contributed by atoms with E-state index in [-0.39, 0.29) is 0 Å². The maximum absolute atomic E-state index is 4.59. The van der Waals surface area contributed by atoms with Crippen LogP contribution in [0.1, 0.15) is 36.8 Å². The fourth-order valence-corrected chi connectivity index (χ4v) is 3.03. The van der Waals surface area contributed by atoms with E-state index in [9.17, 15) is 0 Å². The van der Waals surface area contributed by atoms with E-state index in [4.69, 9.17) is 0 Å². The summed E-state index contributed by atoms with van der Waals surface area (Å²) in [5, 5.41) is 6.99. The third kappa shape index (κ3) is 2.40. The van der Waals surface area contributed by atoms with Crippen LogP contribution < -0.4 is 0 Å². The Morgan fingerprint density at radius 1 is 1.29 bits per heavy atom. The minimum atomic E-state index is 0.305. The number of rotatable bonds is 3. The average molecular weight is 283 g/mol. The molecule has 3 aromatic heterocycles. The molecule has 1 unspecified atom stereocenters. The Hall–Kier alpha value is -2.28.